The highest BCUT2D eigenvalue weighted by atomic mass is 16.6. The predicted molar refractivity (Wildman–Crippen MR) is 104 cm³/mol. The molecule has 8 nitrogen and oxygen atoms in total. The molecular formula is C22H16O8. The lowest BCUT2D eigenvalue weighted by Crippen LogP contribution is -2.11. The van der Waals surface area contributed by atoms with Gasteiger partial charge in [-0.3, -0.25) is 0 Å². The average Bonchev–Trinajstić information content (AvgIpc) is 3.27. The van der Waals surface area contributed by atoms with Crippen LogP contribution in [-0.4, -0.2) is 25.0 Å². The van der Waals surface area contributed by atoms with Gasteiger partial charge in [-0.2, -0.15) is 0 Å². The number of benzene rings is 2. The van der Waals surface area contributed by atoms with Crippen LogP contribution in [0.15, 0.2) is 78.1 Å². The monoisotopic (exact) mass is 408 g/mol. The van der Waals surface area contributed by atoms with Gasteiger partial charge in [0, 0.05) is 12.1 Å². The van der Waals surface area contributed by atoms with Crippen LogP contribution in [0, 0.1) is 0 Å². The van der Waals surface area contributed by atoms with E-state index < -0.39 is 17.9 Å². The van der Waals surface area contributed by atoms with Crippen molar-refractivity contribution in [3.05, 3.63) is 84.8 Å². The number of carbonyl (C=O) groups excluding carboxylic acids is 3. The SMILES string of the molecule is C=CC(=O)Oc1ccc(C(=O)Oc2ccc(C(=O)Oc3ccoc3)cc2OC)cc1. The van der Waals surface area contributed by atoms with Crippen LogP contribution in [0.1, 0.15) is 20.7 Å². The fraction of sp³-hybridized carbons (Fsp3) is 0.0455. The molecule has 1 aromatic heterocycles. The van der Waals surface area contributed by atoms with E-state index in [4.69, 9.17) is 23.4 Å². The average molecular weight is 408 g/mol. The summed E-state index contributed by atoms with van der Waals surface area (Å²) in [4.78, 5) is 35.8. The summed E-state index contributed by atoms with van der Waals surface area (Å²) in [6.07, 6.45) is 3.69. The van der Waals surface area contributed by atoms with Gasteiger partial charge in [-0.1, -0.05) is 6.58 Å². The lowest BCUT2D eigenvalue weighted by atomic mass is 10.2. The molecule has 0 radical (unpaired) electrons. The van der Waals surface area contributed by atoms with E-state index in [0.29, 0.717) is 0 Å². The fourth-order valence-electron chi connectivity index (χ4n) is 2.33. The highest BCUT2D eigenvalue weighted by Gasteiger charge is 2.17. The van der Waals surface area contributed by atoms with Crippen molar-refractivity contribution in [3.63, 3.8) is 0 Å². The minimum atomic E-state index is -0.663. The molecule has 0 amide bonds. The Morgan fingerprint density at radius 2 is 1.53 bits per heavy atom. The second-order valence-electron chi connectivity index (χ2n) is 5.75. The first kappa shape index (κ1) is 20.4. The Balaban J connectivity index is 1.71. The number of hydrogen-bond acceptors (Lipinski definition) is 8. The van der Waals surface area contributed by atoms with Crippen molar-refractivity contribution in [2.75, 3.05) is 7.11 Å². The molecule has 8 heteroatoms. The van der Waals surface area contributed by atoms with Crippen LogP contribution in [0.2, 0.25) is 0 Å². The normalized spacial score (nSPS) is 10.0. The van der Waals surface area contributed by atoms with E-state index in [9.17, 15) is 14.4 Å². The standard InChI is InChI=1S/C22H16O8/c1-3-20(23)28-16-7-4-14(5-8-16)21(24)30-18-9-6-15(12-19(18)26-2)22(25)29-17-10-11-27-13-17/h3-13H,1H2,2H3. The molecule has 3 rings (SSSR count). The minimum absolute atomic E-state index is 0.115. The predicted octanol–water partition coefficient (Wildman–Crippen LogP) is 3.82. The van der Waals surface area contributed by atoms with E-state index in [1.54, 1.807) is 0 Å². The van der Waals surface area contributed by atoms with Crippen LogP contribution in [0.5, 0.6) is 23.0 Å². The maximum Gasteiger partial charge on any atom is 0.343 e. The zero-order chi connectivity index (χ0) is 21.5. The van der Waals surface area contributed by atoms with Crippen molar-refractivity contribution in [2.45, 2.75) is 0 Å². The van der Waals surface area contributed by atoms with E-state index in [-0.39, 0.29) is 34.1 Å². The number of rotatable bonds is 7. The van der Waals surface area contributed by atoms with Crippen molar-refractivity contribution < 1.29 is 37.7 Å². The Labute approximate surface area is 171 Å². The van der Waals surface area contributed by atoms with Gasteiger partial charge in [0.25, 0.3) is 0 Å². The molecule has 0 aliphatic rings. The number of hydrogen-bond donors (Lipinski definition) is 0. The second-order valence-corrected chi connectivity index (χ2v) is 5.75. The van der Waals surface area contributed by atoms with E-state index >= 15 is 0 Å². The Bertz CT molecular complexity index is 1070. The van der Waals surface area contributed by atoms with Gasteiger partial charge >= 0.3 is 17.9 Å². The number of carbonyl (C=O) groups is 3. The molecule has 30 heavy (non-hydrogen) atoms. The number of methoxy groups -OCH3 is 1. The summed E-state index contributed by atoms with van der Waals surface area (Å²) in [6, 6.07) is 11.5. The van der Waals surface area contributed by atoms with Crippen LogP contribution >= 0.6 is 0 Å². The van der Waals surface area contributed by atoms with Crippen LogP contribution < -0.4 is 18.9 Å². The molecule has 0 saturated heterocycles. The topological polar surface area (TPSA) is 101 Å². The third-order valence-corrected chi connectivity index (χ3v) is 3.78. The lowest BCUT2D eigenvalue weighted by molar-refractivity contribution is -0.128. The van der Waals surface area contributed by atoms with Gasteiger partial charge in [0.15, 0.2) is 17.2 Å². The summed E-state index contributed by atoms with van der Waals surface area (Å²) >= 11 is 0. The van der Waals surface area contributed by atoms with Crippen LogP contribution in [0.25, 0.3) is 0 Å². The first-order valence-corrected chi connectivity index (χ1v) is 8.59. The summed E-state index contributed by atoms with van der Waals surface area (Å²) in [7, 11) is 1.38. The van der Waals surface area contributed by atoms with Gasteiger partial charge < -0.3 is 23.4 Å². The molecule has 0 N–H and O–H groups in total. The molecule has 0 aliphatic carbocycles. The quantitative estimate of drug-likeness (QED) is 0.330. The smallest absolute Gasteiger partial charge is 0.343 e. The zero-order valence-corrected chi connectivity index (χ0v) is 15.8. The van der Waals surface area contributed by atoms with Crippen molar-refractivity contribution >= 4 is 17.9 Å². The lowest BCUT2D eigenvalue weighted by Gasteiger charge is -2.11. The van der Waals surface area contributed by atoms with Gasteiger partial charge in [0.2, 0.25) is 0 Å². The highest BCUT2D eigenvalue weighted by molar-refractivity contribution is 5.93. The van der Waals surface area contributed by atoms with Crippen molar-refractivity contribution in [1.82, 2.24) is 0 Å². The van der Waals surface area contributed by atoms with Gasteiger partial charge in [0.05, 0.1) is 24.5 Å². The molecule has 0 saturated carbocycles. The number of ether oxygens (including phenoxy) is 4. The molecule has 2 aromatic carbocycles. The molecule has 0 fully saturated rings. The van der Waals surface area contributed by atoms with Gasteiger partial charge in [-0.05, 0) is 42.5 Å². The largest absolute Gasteiger partial charge is 0.493 e. The van der Waals surface area contributed by atoms with Crippen molar-refractivity contribution in [3.8, 4) is 23.0 Å². The second kappa shape index (κ2) is 9.24. The number of furan rings is 1. The molecule has 0 atom stereocenters. The molecule has 1 heterocycles. The summed E-state index contributed by atoms with van der Waals surface area (Å²) in [5.41, 5.74) is 0.417. The van der Waals surface area contributed by atoms with E-state index in [1.807, 2.05) is 0 Å². The van der Waals surface area contributed by atoms with Gasteiger partial charge in [-0.25, -0.2) is 14.4 Å². The van der Waals surface area contributed by atoms with E-state index in [2.05, 4.69) is 6.58 Å². The van der Waals surface area contributed by atoms with Crippen LogP contribution in [0.3, 0.4) is 0 Å². The van der Waals surface area contributed by atoms with Gasteiger partial charge in [-0.15, -0.1) is 0 Å². The third-order valence-electron chi connectivity index (χ3n) is 3.78. The molecule has 152 valence electrons. The zero-order valence-electron chi connectivity index (χ0n) is 15.8. The fourth-order valence-corrected chi connectivity index (χ4v) is 2.33. The Morgan fingerprint density at radius 3 is 2.17 bits per heavy atom. The Kier molecular flexibility index (Phi) is 6.29. The number of esters is 3. The van der Waals surface area contributed by atoms with E-state index in [0.717, 1.165) is 6.08 Å². The maximum absolute atomic E-state index is 12.4. The Morgan fingerprint density at radius 1 is 0.833 bits per heavy atom. The maximum atomic E-state index is 12.4. The molecular weight excluding hydrogens is 392 g/mol. The van der Waals surface area contributed by atoms with E-state index in [1.165, 1.54) is 68.2 Å². The summed E-state index contributed by atoms with van der Waals surface area (Å²) in [5, 5.41) is 0. The van der Waals surface area contributed by atoms with Crippen LogP contribution in [0.4, 0.5) is 0 Å². The summed E-state index contributed by atoms with van der Waals surface area (Å²) in [6.45, 7) is 3.31. The molecule has 0 aliphatic heterocycles. The molecule has 0 unspecified atom stereocenters. The molecule has 0 bridgehead atoms. The minimum Gasteiger partial charge on any atom is -0.493 e. The first-order valence-electron chi connectivity index (χ1n) is 8.59. The highest BCUT2D eigenvalue weighted by Crippen LogP contribution is 2.29. The van der Waals surface area contributed by atoms with Crippen molar-refractivity contribution in [2.24, 2.45) is 0 Å². The Hall–Kier alpha value is -4.33. The summed E-state index contributed by atoms with van der Waals surface area (Å²) in [5.74, 6) is -1.10. The van der Waals surface area contributed by atoms with Crippen LogP contribution in [-0.2, 0) is 4.79 Å². The van der Waals surface area contributed by atoms with Gasteiger partial charge in [0.1, 0.15) is 12.0 Å². The summed E-state index contributed by atoms with van der Waals surface area (Å²) < 4.78 is 25.5. The first-order chi connectivity index (χ1) is 14.5. The van der Waals surface area contributed by atoms with Crippen molar-refractivity contribution in [1.29, 1.82) is 0 Å². The molecule has 3 aromatic rings. The molecule has 0 spiro atoms. The third kappa shape index (κ3) is 4.93.